The van der Waals surface area contributed by atoms with E-state index in [-0.39, 0.29) is 18.6 Å². The molecule has 10 atom stereocenters. The van der Waals surface area contributed by atoms with Gasteiger partial charge in [0.05, 0.1) is 0 Å². The van der Waals surface area contributed by atoms with E-state index in [4.69, 9.17) is 124 Å². The first-order valence-electron chi connectivity index (χ1n) is 42.7. The summed E-state index contributed by atoms with van der Waals surface area (Å²) in [4.78, 5) is 11.5. The molecule has 0 saturated heterocycles. The normalized spacial score (nSPS) is 13.9. The van der Waals surface area contributed by atoms with Gasteiger partial charge in [-0.25, -0.2) is 0 Å². The van der Waals surface area contributed by atoms with E-state index in [9.17, 15) is 0 Å². The molecule has 0 rings (SSSR count). The summed E-state index contributed by atoms with van der Waals surface area (Å²) in [6.07, 6.45) is 51.5. The van der Waals surface area contributed by atoms with E-state index >= 15 is 0 Å². The summed E-state index contributed by atoms with van der Waals surface area (Å²) in [6.45, 7) is 56.3. The van der Waals surface area contributed by atoms with Crippen molar-refractivity contribution >= 4 is 146 Å². The van der Waals surface area contributed by atoms with E-state index in [2.05, 4.69) is 163 Å². The van der Waals surface area contributed by atoms with Crippen molar-refractivity contribution < 1.29 is 18.6 Å². The fourth-order valence-electron chi connectivity index (χ4n) is 13.4. The maximum atomic E-state index is 5.32. The topological polar surface area (TPSA) is 16.2 Å². The minimum absolute atomic E-state index is 0. The van der Waals surface area contributed by atoms with Crippen molar-refractivity contribution in [3.63, 3.8) is 0 Å². The van der Waals surface area contributed by atoms with Gasteiger partial charge in [-0.2, -0.15) is 0 Å². The Balaban J connectivity index is -0.000000279. The molecule has 1 radical (unpaired) electrons. The predicted octanol–water partition coefficient (Wildman–Crippen LogP) is 27.8. The van der Waals surface area contributed by atoms with Crippen LogP contribution in [0.4, 0.5) is 0 Å². The summed E-state index contributed by atoms with van der Waals surface area (Å²) in [6, 6.07) is 0. The average molecular weight is 1630 g/mol. The van der Waals surface area contributed by atoms with E-state index in [0.29, 0.717) is 21.6 Å². The van der Waals surface area contributed by atoms with Gasteiger partial charge in [0.25, 0.3) is 0 Å². The maximum absolute atomic E-state index is 5.32. The second-order valence-corrected chi connectivity index (χ2v) is 35.2. The number of nitrogens with zero attached hydrogens (tertiary/aromatic N) is 5. The van der Waals surface area contributed by atoms with Crippen LogP contribution in [0.5, 0.6) is 0 Å². The number of hydrogen-bond acceptors (Lipinski definition) is 10. The van der Waals surface area contributed by atoms with Gasteiger partial charge < -0.3 is 149 Å². The minimum atomic E-state index is 0. The standard InChI is InChI=1S/5C17H35NS2.V/c5*1-5-9-11-15(7-3)13-18(17(19)20)14-16(8-4)12-10-6-2;/h5*15-16H,5-14H2,1-4H3,(H,19,20);/p-5. The van der Waals surface area contributed by atoms with Crippen LogP contribution in [0.3, 0.4) is 0 Å². The summed E-state index contributed by atoms with van der Waals surface area (Å²) in [5.74, 6) is 7.50. The molecule has 0 heterocycles. The molecular weight excluding hydrogens is 1460 g/mol. The monoisotopic (exact) mass is 1630 g/mol. The molecule has 605 valence electrons. The van der Waals surface area contributed by atoms with Gasteiger partial charge in [0.2, 0.25) is 0 Å². The van der Waals surface area contributed by atoms with E-state index in [1.807, 2.05) is 0 Å². The fourth-order valence-corrected chi connectivity index (χ4v) is 14.9. The summed E-state index contributed by atoms with van der Waals surface area (Å²) in [5.41, 5.74) is 0. The second-order valence-electron chi connectivity index (χ2n) is 30.0. The number of unbranched alkanes of at least 4 members (excludes halogenated alkanes) is 10. The van der Waals surface area contributed by atoms with Crippen LogP contribution >= 0.6 is 61.1 Å². The second kappa shape index (κ2) is 82.1. The van der Waals surface area contributed by atoms with Gasteiger partial charge in [-0.05, 0) is 123 Å². The number of rotatable bonds is 60. The molecule has 101 heavy (non-hydrogen) atoms. The molecule has 0 aliphatic carbocycles. The molecule has 0 saturated carbocycles. The Labute approximate surface area is 702 Å². The Hall–Kier alpha value is 1.13. The smallest absolute Gasteiger partial charge is 0.0190 e. The minimum Gasteiger partial charge on any atom is -0.411 e. The van der Waals surface area contributed by atoms with Crippen LogP contribution in [-0.2, 0) is 81.7 Å². The van der Waals surface area contributed by atoms with Crippen LogP contribution in [-0.4, -0.2) is 112 Å². The van der Waals surface area contributed by atoms with Crippen molar-refractivity contribution in [1.82, 2.24) is 24.5 Å². The van der Waals surface area contributed by atoms with Crippen molar-refractivity contribution in [2.75, 3.05) is 65.4 Å². The Morgan fingerprint density at radius 2 is 0.267 bits per heavy atom. The summed E-state index contributed by atoms with van der Waals surface area (Å²) < 4.78 is 3.38. The molecular formula is C85H170N5S10V-5. The first-order chi connectivity index (χ1) is 47.9. The molecule has 0 aliphatic heterocycles. The molecule has 0 aliphatic rings. The number of hydrogen-bond donors (Lipinski definition) is 0. The largest absolute Gasteiger partial charge is 0.411 e. The molecule has 10 unspecified atom stereocenters. The number of thiocarbonyl (C=S) groups is 5. The molecule has 0 fully saturated rings. The van der Waals surface area contributed by atoms with Gasteiger partial charge in [-0.1, -0.05) is 353 Å². The van der Waals surface area contributed by atoms with Gasteiger partial charge in [-0.3, -0.25) is 0 Å². The average Bonchev–Trinajstić information content (AvgIpc) is 0.983. The van der Waals surface area contributed by atoms with Crippen molar-refractivity contribution in [2.45, 2.75) is 395 Å². The molecule has 0 bridgehead atoms. The summed E-state index contributed by atoms with van der Waals surface area (Å²) in [7, 11) is 0. The first-order valence-corrected chi connectivity index (χ1v) is 46.8. The Morgan fingerprint density at radius 3 is 0.317 bits per heavy atom. The third kappa shape index (κ3) is 67.7. The van der Waals surface area contributed by atoms with Crippen LogP contribution in [0.2, 0.25) is 0 Å². The SMILES string of the molecule is CCCCC(CC)CN(CC(CC)CCCC)C(=S)[S-].CCCCC(CC)CN(CC(CC)CCCC)C(=S)[S-].CCCCC(CC)CN(CC(CC)CCCC)C(=S)[S-].CCCCC(CC)CN(CC(CC)CCCC)C(=S)[S-].CCCCC(CC)CN(CC(CC)CCCC)C(=S)[S-].[V]. The van der Waals surface area contributed by atoms with Gasteiger partial charge in [0.15, 0.2) is 0 Å². The molecule has 0 aromatic rings. The molecule has 0 amide bonds. The van der Waals surface area contributed by atoms with E-state index in [1.165, 1.54) is 257 Å². The van der Waals surface area contributed by atoms with E-state index in [1.54, 1.807) is 0 Å². The van der Waals surface area contributed by atoms with Gasteiger partial charge in [0, 0.05) is 84.0 Å². The third-order valence-electron chi connectivity index (χ3n) is 21.5. The molecule has 0 N–H and O–H groups in total. The third-order valence-corrected chi connectivity index (χ3v) is 24.1. The molecule has 16 heteroatoms. The molecule has 5 nitrogen and oxygen atoms in total. The van der Waals surface area contributed by atoms with E-state index in [0.717, 1.165) is 125 Å². The zero-order chi connectivity index (χ0) is 76.9. The zero-order valence-electron chi connectivity index (χ0n) is 70.4. The molecule has 0 aromatic carbocycles. The first kappa shape index (κ1) is 113. The van der Waals surface area contributed by atoms with Crippen LogP contribution in [0.25, 0.3) is 0 Å². The summed E-state index contributed by atoms with van der Waals surface area (Å²) >= 11 is 53.2. The van der Waals surface area contributed by atoms with Crippen molar-refractivity contribution in [3.8, 4) is 0 Å². The van der Waals surface area contributed by atoms with Crippen molar-refractivity contribution in [2.24, 2.45) is 59.2 Å². The Morgan fingerprint density at radius 1 is 0.188 bits per heavy atom. The van der Waals surface area contributed by atoms with Crippen LogP contribution in [0.15, 0.2) is 0 Å². The van der Waals surface area contributed by atoms with E-state index < -0.39 is 0 Å². The van der Waals surface area contributed by atoms with Gasteiger partial charge in [0.1, 0.15) is 0 Å². The predicted molar refractivity (Wildman–Crippen MR) is 491 cm³/mol. The van der Waals surface area contributed by atoms with Gasteiger partial charge in [-0.15, -0.1) is 0 Å². The fraction of sp³-hybridized carbons (Fsp3) is 0.941. The molecule has 0 aromatic heterocycles. The van der Waals surface area contributed by atoms with Crippen molar-refractivity contribution in [1.29, 1.82) is 0 Å². The van der Waals surface area contributed by atoms with Crippen LogP contribution in [0.1, 0.15) is 395 Å². The maximum Gasteiger partial charge on any atom is 0.0190 e. The Kier molecular flexibility index (Phi) is 91.9. The van der Waals surface area contributed by atoms with Gasteiger partial charge >= 0.3 is 0 Å². The van der Waals surface area contributed by atoms with Crippen LogP contribution < -0.4 is 0 Å². The zero-order valence-corrected chi connectivity index (χ0v) is 80.0. The van der Waals surface area contributed by atoms with Crippen molar-refractivity contribution in [3.05, 3.63) is 0 Å². The van der Waals surface area contributed by atoms with Crippen LogP contribution in [0, 0.1) is 59.2 Å². The quantitative estimate of drug-likeness (QED) is 0.0425. The molecule has 0 spiro atoms. The summed E-state index contributed by atoms with van der Waals surface area (Å²) in [5, 5.41) is 0. The Bertz CT molecular complexity index is 1420.